The van der Waals surface area contributed by atoms with Crippen LogP contribution in [0.1, 0.15) is 29.9 Å². The average molecular weight is 247 g/mol. The summed E-state index contributed by atoms with van der Waals surface area (Å²) in [4.78, 5) is 21.0. The third-order valence-corrected chi connectivity index (χ3v) is 3.66. The second kappa shape index (κ2) is 5.48. The smallest absolute Gasteiger partial charge is 0.256 e. The van der Waals surface area contributed by atoms with Crippen molar-refractivity contribution >= 4 is 5.91 Å². The minimum absolute atomic E-state index is 0.115. The summed E-state index contributed by atoms with van der Waals surface area (Å²) < 4.78 is 0. The Morgan fingerprint density at radius 3 is 2.89 bits per heavy atom. The number of pyridine rings is 1. The first kappa shape index (κ1) is 13.0. The van der Waals surface area contributed by atoms with Gasteiger partial charge in [-0.05, 0) is 32.5 Å². The summed E-state index contributed by atoms with van der Waals surface area (Å²) in [5, 5.41) is 0. The number of carbonyl (C=O) groups excluding carboxylic acids is 1. The molecule has 4 nitrogen and oxygen atoms in total. The summed E-state index contributed by atoms with van der Waals surface area (Å²) in [6, 6.07) is 3.96. The van der Waals surface area contributed by atoms with E-state index in [0.717, 1.165) is 37.4 Å². The number of piperazine rings is 1. The van der Waals surface area contributed by atoms with Crippen LogP contribution in [0.2, 0.25) is 0 Å². The van der Waals surface area contributed by atoms with Crippen LogP contribution in [0.15, 0.2) is 18.3 Å². The van der Waals surface area contributed by atoms with Gasteiger partial charge in [0.05, 0.1) is 5.56 Å². The third kappa shape index (κ3) is 2.53. The molecule has 1 aromatic heterocycles. The first-order valence-electron chi connectivity index (χ1n) is 6.58. The highest BCUT2D eigenvalue weighted by Crippen LogP contribution is 2.15. The van der Waals surface area contributed by atoms with Crippen molar-refractivity contribution in [3.05, 3.63) is 29.6 Å². The molecular formula is C14H21N3O. The van der Waals surface area contributed by atoms with E-state index in [4.69, 9.17) is 0 Å². The standard InChI is InChI=1S/C14H21N3O/c1-4-16-8-9-17(11(2)10-16)14(18)13-6-5-7-15-12(13)3/h5-7,11H,4,8-10H2,1-3H3. The summed E-state index contributed by atoms with van der Waals surface area (Å²) in [7, 11) is 0. The normalized spacial score (nSPS) is 21.1. The third-order valence-electron chi connectivity index (χ3n) is 3.66. The van der Waals surface area contributed by atoms with Crippen LogP contribution in [-0.2, 0) is 0 Å². The lowest BCUT2D eigenvalue weighted by atomic mass is 10.1. The second-order valence-electron chi connectivity index (χ2n) is 4.88. The molecule has 1 fully saturated rings. The van der Waals surface area contributed by atoms with Gasteiger partial charge in [-0.15, -0.1) is 0 Å². The maximum Gasteiger partial charge on any atom is 0.256 e. The molecule has 1 amide bonds. The zero-order valence-corrected chi connectivity index (χ0v) is 11.4. The Bertz CT molecular complexity index is 433. The second-order valence-corrected chi connectivity index (χ2v) is 4.88. The number of aromatic nitrogens is 1. The molecule has 4 heteroatoms. The van der Waals surface area contributed by atoms with Gasteiger partial charge in [0.2, 0.25) is 0 Å². The van der Waals surface area contributed by atoms with E-state index in [1.807, 2.05) is 24.0 Å². The van der Waals surface area contributed by atoms with Gasteiger partial charge in [0.25, 0.3) is 5.91 Å². The summed E-state index contributed by atoms with van der Waals surface area (Å²) in [5.41, 5.74) is 1.54. The minimum Gasteiger partial charge on any atom is -0.333 e. The molecule has 98 valence electrons. The van der Waals surface area contributed by atoms with E-state index in [-0.39, 0.29) is 11.9 Å². The van der Waals surface area contributed by atoms with Crippen LogP contribution < -0.4 is 0 Å². The molecular weight excluding hydrogens is 226 g/mol. The molecule has 1 atom stereocenters. The summed E-state index contributed by atoms with van der Waals surface area (Å²) in [6.07, 6.45) is 1.73. The summed E-state index contributed by atoms with van der Waals surface area (Å²) >= 11 is 0. The van der Waals surface area contributed by atoms with Crippen LogP contribution >= 0.6 is 0 Å². The Balaban J connectivity index is 2.13. The molecule has 18 heavy (non-hydrogen) atoms. The first-order chi connectivity index (χ1) is 8.63. The predicted molar refractivity (Wildman–Crippen MR) is 71.6 cm³/mol. The van der Waals surface area contributed by atoms with Crippen molar-refractivity contribution in [1.29, 1.82) is 0 Å². The number of hydrogen-bond donors (Lipinski definition) is 0. The Labute approximate surface area is 109 Å². The number of carbonyl (C=O) groups is 1. The van der Waals surface area contributed by atoms with E-state index < -0.39 is 0 Å². The highest BCUT2D eigenvalue weighted by atomic mass is 16.2. The Morgan fingerprint density at radius 2 is 2.28 bits per heavy atom. The van der Waals surface area contributed by atoms with Gasteiger partial charge in [-0.3, -0.25) is 14.7 Å². The quantitative estimate of drug-likeness (QED) is 0.795. The Hall–Kier alpha value is -1.42. The number of aryl methyl sites for hydroxylation is 1. The topological polar surface area (TPSA) is 36.4 Å². The molecule has 0 spiro atoms. The molecule has 1 aliphatic rings. The van der Waals surface area contributed by atoms with Crippen LogP contribution in [-0.4, -0.2) is 52.9 Å². The van der Waals surface area contributed by atoms with Crippen LogP contribution in [0.3, 0.4) is 0 Å². The van der Waals surface area contributed by atoms with Crippen molar-refractivity contribution in [3.8, 4) is 0 Å². The maximum atomic E-state index is 12.5. The zero-order valence-electron chi connectivity index (χ0n) is 11.4. The van der Waals surface area contributed by atoms with Crippen LogP contribution in [0.25, 0.3) is 0 Å². The van der Waals surface area contributed by atoms with E-state index >= 15 is 0 Å². The molecule has 2 rings (SSSR count). The van der Waals surface area contributed by atoms with Gasteiger partial charge >= 0.3 is 0 Å². The molecule has 0 N–H and O–H groups in total. The molecule has 0 saturated carbocycles. The number of amides is 1. The van der Waals surface area contributed by atoms with Crippen molar-refractivity contribution < 1.29 is 4.79 Å². The van der Waals surface area contributed by atoms with Gasteiger partial charge in [0.15, 0.2) is 0 Å². The van der Waals surface area contributed by atoms with Crippen molar-refractivity contribution in [2.24, 2.45) is 0 Å². The average Bonchev–Trinajstić information content (AvgIpc) is 2.38. The fourth-order valence-corrected chi connectivity index (χ4v) is 2.49. The highest BCUT2D eigenvalue weighted by molar-refractivity contribution is 5.95. The van der Waals surface area contributed by atoms with Crippen molar-refractivity contribution in [3.63, 3.8) is 0 Å². The van der Waals surface area contributed by atoms with Crippen LogP contribution in [0.4, 0.5) is 0 Å². The van der Waals surface area contributed by atoms with Gasteiger partial charge < -0.3 is 4.90 Å². The predicted octanol–water partition coefficient (Wildman–Crippen LogP) is 1.56. The zero-order chi connectivity index (χ0) is 13.1. The lowest BCUT2D eigenvalue weighted by molar-refractivity contribution is 0.0498. The van der Waals surface area contributed by atoms with Crippen molar-refractivity contribution in [2.75, 3.05) is 26.2 Å². The molecule has 1 aromatic rings. The fraction of sp³-hybridized carbons (Fsp3) is 0.571. The molecule has 2 heterocycles. The van der Waals surface area contributed by atoms with E-state index in [2.05, 4.69) is 23.7 Å². The monoisotopic (exact) mass is 247 g/mol. The van der Waals surface area contributed by atoms with Gasteiger partial charge in [-0.2, -0.15) is 0 Å². The Morgan fingerprint density at radius 1 is 1.50 bits per heavy atom. The molecule has 0 aliphatic carbocycles. The van der Waals surface area contributed by atoms with Gasteiger partial charge in [0.1, 0.15) is 0 Å². The van der Waals surface area contributed by atoms with Gasteiger partial charge in [0, 0.05) is 37.6 Å². The van der Waals surface area contributed by atoms with Crippen LogP contribution in [0.5, 0.6) is 0 Å². The van der Waals surface area contributed by atoms with Gasteiger partial charge in [-0.1, -0.05) is 6.92 Å². The first-order valence-corrected chi connectivity index (χ1v) is 6.58. The van der Waals surface area contributed by atoms with Gasteiger partial charge in [-0.25, -0.2) is 0 Å². The van der Waals surface area contributed by atoms with E-state index in [0.29, 0.717) is 0 Å². The maximum absolute atomic E-state index is 12.5. The number of hydrogen-bond acceptors (Lipinski definition) is 3. The molecule has 1 unspecified atom stereocenters. The summed E-state index contributed by atoms with van der Waals surface area (Å²) in [6.45, 7) is 9.95. The molecule has 0 radical (unpaired) electrons. The largest absolute Gasteiger partial charge is 0.333 e. The SMILES string of the molecule is CCN1CCN(C(=O)c2cccnc2C)C(C)C1. The minimum atomic E-state index is 0.115. The number of nitrogens with zero attached hydrogens (tertiary/aromatic N) is 3. The van der Waals surface area contributed by atoms with Crippen LogP contribution in [0, 0.1) is 6.92 Å². The Kier molecular flexibility index (Phi) is 3.97. The van der Waals surface area contributed by atoms with E-state index in [1.54, 1.807) is 6.20 Å². The number of rotatable bonds is 2. The van der Waals surface area contributed by atoms with Crippen molar-refractivity contribution in [1.82, 2.24) is 14.8 Å². The number of likely N-dealkylation sites (N-methyl/N-ethyl adjacent to an activating group) is 1. The lowest BCUT2D eigenvalue weighted by Gasteiger charge is -2.39. The fourth-order valence-electron chi connectivity index (χ4n) is 2.49. The molecule has 0 aromatic carbocycles. The lowest BCUT2D eigenvalue weighted by Crippen LogP contribution is -2.53. The summed E-state index contributed by atoms with van der Waals surface area (Å²) in [5.74, 6) is 0.115. The molecule has 0 bridgehead atoms. The highest BCUT2D eigenvalue weighted by Gasteiger charge is 2.28. The van der Waals surface area contributed by atoms with Crippen molar-refractivity contribution in [2.45, 2.75) is 26.8 Å². The molecule has 1 aliphatic heterocycles. The van der Waals surface area contributed by atoms with E-state index in [1.165, 1.54) is 0 Å². The van der Waals surface area contributed by atoms with E-state index in [9.17, 15) is 4.79 Å². The molecule has 1 saturated heterocycles.